The molecular weight excluding hydrogens is 254 g/mol. The van der Waals surface area contributed by atoms with E-state index in [0.717, 1.165) is 25.3 Å². The number of hydrogen-bond acceptors (Lipinski definition) is 4. The molecule has 1 aliphatic heterocycles. The van der Waals surface area contributed by atoms with Gasteiger partial charge in [0.25, 0.3) is 0 Å². The molecule has 1 aliphatic carbocycles. The van der Waals surface area contributed by atoms with Gasteiger partial charge in [0.1, 0.15) is 5.60 Å². The summed E-state index contributed by atoms with van der Waals surface area (Å²) in [6, 6.07) is 0.828. The predicted molar refractivity (Wildman–Crippen MR) is 79.8 cm³/mol. The first-order chi connectivity index (χ1) is 9.32. The van der Waals surface area contributed by atoms with Crippen LogP contribution in [0.2, 0.25) is 0 Å². The highest BCUT2D eigenvalue weighted by molar-refractivity contribution is 5.68. The Balaban J connectivity index is 1.55. The number of nitrogens with one attached hydrogen (secondary N) is 2. The van der Waals surface area contributed by atoms with Gasteiger partial charge in [-0.15, -0.1) is 0 Å². The minimum absolute atomic E-state index is 0.272. The highest BCUT2D eigenvalue weighted by atomic mass is 16.6. The summed E-state index contributed by atoms with van der Waals surface area (Å²) in [6.45, 7) is 9.19. The molecule has 1 amide bonds. The number of carbonyl (C=O) groups excluding carboxylic acids is 1. The average molecular weight is 283 g/mol. The third-order valence-electron chi connectivity index (χ3n) is 4.04. The molecule has 2 rings (SSSR count). The molecule has 20 heavy (non-hydrogen) atoms. The van der Waals surface area contributed by atoms with Gasteiger partial charge in [-0.1, -0.05) is 0 Å². The number of alkyl carbamates (subject to hydrolysis) is 1. The Morgan fingerprint density at radius 2 is 2.00 bits per heavy atom. The summed E-state index contributed by atoms with van der Waals surface area (Å²) in [5.74, 6) is 0.790. The van der Waals surface area contributed by atoms with Crippen molar-refractivity contribution in [2.24, 2.45) is 5.92 Å². The molecule has 2 N–H and O–H groups in total. The maximum Gasteiger partial charge on any atom is 0.407 e. The van der Waals surface area contributed by atoms with Gasteiger partial charge in [0.15, 0.2) is 0 Å². The molecule has 0 aromatic rings. The molecule has 2 aliphatic rings. The standard InChI is InChI=1S/C15H29N3O2/c1-15(2,3)20-14(19)17-13-7-12(8-13)16-9-11-5-6-18(4)10-11/h11-13,16H,5-10H2,1-4H3,(H,17,19). The molecule has 116 valence electrons. The second-order valence-electron chi connectivity index (χ2n) is 7.34. The number of likely N-dealkylation sites (tertiary alicyclic amines) is 1. The minimum Gasteiger partial charge on any atom is -0.444 e. The van der Waals surface area contributed by atoms with Crippen LogP contribution >= 0.6 is 0 Å². The van der Waals surface area contributed by atoms with E-state index in [2.05, 4.69) is 22.6 Å². The lowest BCUT2D eigenvalue weighted by atomic mass is 9.86. The van der Waals surface area contributed by atoms with E-state index in [0.29, 0.717) is 6.04 Å². The van der Waals surface area contributed by atoms with Gasteiger partial charge >= 0.3 is 6.09 Å². The van der Waals surface area contributed by atoms with Crippen molar-refractivity contribution in [1.82, 2.24) is 15.5 Å². The molecule has 5 heteroatoms. The zero-order valence-corrected chi connectivity index (χ0v) is 13.2. The van der Waals surface area contributed by atoms with Crippen molar-refractivity contribution in [3.8, 4) is 0 Å². The number of hydrogen-bond donors (Lipinski definition) is 2. The molecule has 0 aromatic carbocycles. The number of carbonyl (C=O) groups is 1. The summed E-state index contributed by atoms with van der Waals surface area (Å²) in [5, 5.41) is 6.54. The predicted octanol–water partition coefficient (Wildman–Crippen LogP) is 1.58. The molecule has 0 radical (unpaired) electrons. The van der Waals surface area contributed by atoms with E-state index in [1.165, 1.54) is 19.5 Å². The molecule has 1 saturated carbocycles. The summed E-state index contributed by atoms with van der Waals surface area (Å²) in [7, 11) is 2.18. The highest BCUT2D eigenvalue weighted by Gasteiger charge is 2.32. The number of rotatable bonds is 4. The van der Waals surface area contributed by atoms with Crippen molar-refractivity contribution in [2.45, 2.75) is 57.7 Å². The van der Waals surface area contributed by atoms with Crippen LogP contribution in [0.25, 0.3) is 0 Å². The lowest BCUT2D eigenvalue weighted by Gasteiger charge is -2.37. The fourth-order valence-corrected chi connectivity index (χ4v) is 2.90. The largest absolute Gasteiger partial charge is 0.444 e. The second-order valence-corrected chi connectivity index (χ2v) is 7.34. The van der Waals surface area contributed by atoms with Crippen LogP contribution < -0.4 is 10.6 Å². The zero-order valence-electron chi connectivity index (χ0n) is 13.2. The van der Waals surface area contributed by atoms with E-state index in [-0.39, 0.29) is 12.1 Å². The van der Waals surface area contributed by atoms with Gasteiger partial charge in [-0.3, -0.25) is 0 Å². The number of nitrogens with zero attached hydrogens (tertiary/aromatic N) is 1. The van der Waals surface area contributed by atoms with E-state index in [4.69, 9.17) is 4.74 Å². The second kappa shape index (κ2) is 6.31. The van der Waals surface area contributed by atoms with Gasteiger partial charge in [-0.2, -0.15) is 0 Å². The minimum atomic E-state index is -0.417. The third-order valence-corrected chi connectivity index (χ3v) is 4.04. The normalized spacial score (nSPS) is 30.9. The topological polar surface area (TPSA) is 53.6 Å². The molecule has 0 aromatic heterocycles. The number of ether oxygens (including phenoxy) is 1. The first-order valence-electron chi connectivity index (χ1n) is 7.73. The summed E-state index contributed by atoms with van der Waals surface area (Å²) < 4.78 is 5.26. The molecule has 1 unspecified atom stereocenters. The molecular formula is C15H29N3O2. The van der Waals surface area contributed by atoms with Crippen molar-refractivity contribution in [2.75, 3.05) is 26.7 Å². The summed E-state index contributed by atoms with van der Waals surface area (Å²) >= 11 is 0. The van der Waals surface area contributed by atoms with Crippen molar-refractivity contribution < 1.29 is 9.53 Å². The Morgan fingerprint density at radius 1 is 1.30 bits per heavy atom. The smallest absolute Gasteiger partial charge is 0.407 e. The number of amides is 1. The third kappa shape index (κ3) is 4.94. The van der Waals surface area contributed by atoms with E-state index < -0.39 is 5.60 Å². The maximum atomic E-state index is 11.6. The lowest BCUT2D eigenvalue weighted by molar-refractivity contribution is 0.0464. The van der Waals surface area contributed by atoms with Crippen LogP contribution in [0.15, 0.2) is 0 Å². The molecule has 1 atom stereocenters. The molecule has 5 nitrogen and oxygen atoms in total. The Morgan fingerprint density at radius 3 is 2.55 bits per heavy atom. The van der Waals surface area contributed by atoms with Gasteiger partial charge in [-0.05, 0) is 66.1 Å². The SMILES string of the molecule is CN1CCC(CNC2CC(NC(=O)OC(C)(C)C)C2)C1. The van der Waals surface area contributed by atoms with Crippen LogP contribution in [-0.4, -0.2) is 55.4 Å². The van der Waals surface area contributed by atoms with Crippen molar-refractivity contribution in [3.05, 3.63) is 0 Å². The monoisotopic (exact) mass is 283 g/mol. The Hall–Kier alpha value is -0.810. The highest BCUT2D eigenvalue weighted by Crippen LogP contribution is 2.22. The van der Waals surface area contributed by atoms with Gasteiger partial charge in [0, 0.05) is 18.6 Å². The fourth-order valence-electron chi connectivity index (χ4n) is 2.90. The van der Waals surface area contributed by atoms with Crippen LogP contribution in [0, 0.1) is 5.92 Å². The first-order valence-corrected chi connectivity index (χ1v) is 7.73. The molecule has 1 heterocycles. The van der Waals surface area contributed by atoms with Crippen LogP contribution in [0.5, 0.6) is 0 Å². The fraction of sp³-hybridized carbons (Fsp3) is 0.933. The van der Waals surface area contributed by atoms with Gasteiger partial charge in [-0.25, -0.2) is 4.79 Å². The van der Waals surface area contributed by atoms with E-state index in [1.54, 1.807) is 0 Å². The van der Waals surface area contributed by atoms with Crippen molar-refractivity contribution in [1.29, 1.82) is 0 Å². The van der Waals surface area contributed by atoms with Crippen LogP contribution in [0.4, 0.5) is 4.79 Å². The van der Waals surface area contributed by atoms with Crippen molar-refractivity contribution >= 4 is 6.09 Å². The van der Waals surface area contributed by atoms with Crippen LogP contribution in [-0.2, 0) is 4.74 Å². The summed E-state index contributed by atoms with van der Waals surface area (Å²) in [6.07, 6.45) is 3.04. The van der Waals surface area contributed by atoms with Gasteiger partial charge < -0.3 is 20.3 Å². The van der Waals surface area contributed by atoms with Crippen LogP contribution in [0.3, 0.4) is 0 Å². The van der Waals surface area contributed by atoms with E-state index in [1.807, 2.05) is 20.8 Å². The molecule has 0 bridgehead atoms. The Labute approximate surface area is 122 Å². The first kappa shape index (κ1) is 15.6. The van der Waals surface area contributed by atoms with Gasteiger partial charge in [0.05, 0.1) is 0 Å². The van der Waals surface area contributed by atoms with E-state index in [9.17, 15) is 4.79 Å². The lowest BCUT2D eigenvalue weighted by Crippen LogP contribution is -2.53. The average Bonchev–Trinajstić information content (AvgIpc) is 2.64. The maximum absolute atomic E-state index is 11.6. The summed E-state index contributed by atoms with van der Waals surface area (Å²) in [5.41, 5.74) is -0.417. The quantitative estimate of drug-likeness (QED) is 0.822. The zero-order chi connectivity index (χ0) is 14.8. The Bertz CT molecular complexity index is 335. The van der Waals surface area contributed by atoms with Gasteiger partial charge in [0.2, 0.25) is 0 Å². The summed E-state index contributed by atoms with van der Waals surface area (Å²) in [4.78, 5) is 14.0. The Kier molecular flexibility index (Phi) is 4.91. The molecule has 2 fully saturated rings. The molecule has 1 saturated heterocycles. The van der Waals surface area contributed by atoms with Crippen molar-refractivity contribution in [3.63, 3.8) is 0 Å². The molecule has 0 spiro atoms. The van der Waals surface area contributed by atoms with Crippen LogP contribution in [0.1, 0.15) is 40.0 Å². The van der Waals surface area contributed by atoms with E-state index >= 15 is 0 Å².